The summed E-state index contributed by atoms with van der Waals surface area (Å²) < 4.78 is 11.3. The fraction of sp³-hybridized carbons (Fsp3) is 0.368. The zero-order chi connectivity index (χ0) is 17.6. The molecule has 2 aromatic carbocycles. The number of nitrogens with one attached hydrogen (secondary N) is 1. The van der Waals surface area contributed by atoms with Gasteiger partial charge in [-0.3, -0.25) is 0 Å². The Bertz CT molecular complexity index is 651. The van der Waals surface area contributed by atoms with Crippen molar-refractivity contribution in [3.63, 3.8) is 0 Å². The summed E-state index contributed by atoms with van der Waals surface area (Å²) in [5.41, 5.74) is 1.37. The Kier molecular flexibility index (Phi) is 6.49. The third-order valence-electron chi connectivity index (χ3n) is 3.42. The van der Waals surface area contributed by atoms with Crippen LogP contribution in [0.2, 0.25) is 5.02 Å². The maximum atomic E-state index is 9.72. The average molecular weight is 350 g/mol. The second-order valence-corrected chi connectivity index (χ2v) is 6.75. The van der Waals surface area contributed by atoms with E-state index in [2.05, 4.69) is 5.32 Å². The molecule has 2 rings (SSSR count). The maximum Gasteiger partial charge on any atom is 0.161 e. The van der Waals surface area contributed by atoms with Crippen molar-refractivity contribution in [3.05, 3.63) is 58.6 Å². The minimum atomic E-state index is -0.730. The monoisotopic (exact) mass is 349 g/mol. The van der Waals surface area contributed by atoms with Crippen LogP contribution >= 0.6 is 11.6 Å². The summed E-state index contributed by atoms with van der Waals surface area (Å²) in [6.07, 6.45) is 0. The predicted octanol–water partition coefficient (Wildman–Crippen LogP) is 3.79. The van der Waals surface area contributed by atoms with Gasteiger partial charge in [-0.05, 0) is 49.2 Å². The first-order chi connectivity index (χ1) is 11.4. The normalized spacial score (nSPS) is 11.4. The van der Waals surface area contributed by atoms with Gasteiger partial charge in [-0.1, -0.05) is 29.8 Å². The molecule has 0 saturated carbocycles. The Labute approximate surface area is 148 Å². The molecule has 0 fully saturated rings. The van der Waals surface area contributed by atoms with Crippen LogP contribution in [0.3, 0.4) is 0 Å². The lowest BCUT2D eigenvalue weighted by atomic mass is 10.1. The molecule has 2 aromatic rings. The summed E-state index contributed by atoms with van der Waals surface area (Å²) in [6.45, 7) is 5.16. The van der Waals surface area contributed by atoms with Crippen LogP contribution < -0.4 is 14.8 Å². The van der Waals surface area contributed by atoms with E-state index in [0.29, 0.717) is 36.2 Å². The molecule has 0 unspecified atom stereocenters. The topological polar surface area (TPSA) is 50.7 Å². The molecule has 0 aromatic heterocycles. The Hall–Kier alpha value is -1.75. The van der Waals surface area contributed by atoms with E-state index in [9.17, 15) is 5.11 Å². The summed E-state index contributed by atoms with van der Waals surface area (Å²) in [6, 6.07) is 13.4. The number of halogens is 1. The van der Waals surface area contributed by atoms with Gasteiger partial charge in [0.2, 0.25) is 0 Å². The fourth-order valence-electron chi connectivity index (χ4n) is 2.20. The Morgan fingerprint density at radius 3 is 2.33 bits per heavy atom. The molecule has 0 aliphatic heterocycles. The van der Waals surface area contributed by atoms with Crippen LogP contribution in [0.15, 0.2) is 42.5 Å². The lowest BCUT2D eigenvalue weighted by Crippen LogP contribution is -2.34. The third kappa shape index (κ3) is 6.04. The molecule has 0 radical (unpaired) electrons. The van der Waals surface area contributed by atoms with Crippen molar-refractivity contribution in [2.75, 3.05) is 13.7 Å². The molecule has 5 heteroatoms. The van der Waals surface area contributed by atoms with E-state index in [-0.39, 0.29) is 0 Å². The quantitative estimate of drug-likeness (QED) is 0.761. The molecule has 4 nitrogen and oxygen atoms in total. The van der Waals surface area contributed by atoms with Crippen molar-refractivity contribution < 1.29 is 14.6 Å². The number of rotatable bonds is 8. The molecule has 24 heavy (non-hydrogen) atoms. The van der Waals surface area contributed by atoms with Gasteiger partial charge >= 0.3 is 0 Å². The van der Waals surface area contributed by atoms with Crippen LogP contribution in [0.5, 0.6) is 11.5 Å². The van der Waals surface area contributed by atoms with Gasteiger partial charge in [-0.25, -0.2) is 0 Å². The molecular formula is C19H24ClNO3. The zero-order valence-electron chi connectivity index (χ0n) is 14.3. The van der Waals surface area contributed by atoms with Crippen LogP contribution in [0.25, 0.3) is 0 Å². The van der Waals surface area contributed by atoms with E-state index in [1.54, 1.807) is 21.0 Å². The van der Waals surface area contributed by atoms with Gasteiger partial charge in [0.1, 0.15) is 6.61 Å². The van der Waals surface area contributed by atoms with Gasteiger partial charge in [0.05, 0.1) is 12.7 Å². The number of aliphatic hydroxyl groups is 1. The molecule has 2 N–H and O–H groups in total. The molecule has 0 bridgehead atoms. The number of hydrogen-bond acceptors (Lipinski definition) is 4. The first kappa shape index (κ1) is 18.6. The lowest BCUT2D eigenvalue weighted by molar-refractivity contribution is 0.0795. The maximum absolute atomic E-state index is 9.72. The zero-order valence-corrected chi connectivity index (χ0v) is 15.1. The molecule has 0 aliphatic rings. The Morgan fingerprint density at radius 1 is 1.04 bits per heavy atom. The summed E-state index contributed by atoms with van der Waals surface area (Å²) in [5, 5.41) is 13.6. The molecule has 0 atom stereocenters. The van der Waals surface area contributed by atoms with Gasteiger partial charge in [0.15, 0.2) is 11.5 Å². The van der Waals surface area contributed by atoms with Crippen molar-refractivity contribution in [3.8, 4) is 11.5 Å². The summed E-state index contributed by atoms with van der Waals surface area (Å²) in [7, 11) is 1.62. The number of hydrogen-bond donors (Lipinski definition) is 2. The van der Waals surface area contributed by atoms with Crippen molar-refractivity contribution in [2.24, 2.45) is 0 Å². The van der Waals surface area contributed by atoms with Gasteiger partial charge < -0.3 is 19.9 Å². The standard InChI is InChI=1S/C19H24ClNO3/c1-19(2,22)13-21-11-15-6-9-17(18(10-15)23-3)24-12-14-4-7-16(20)8-5-14/h4-10,21-22H,11-13H2,1-3H3. The highest BCUT2D eigenvalue weighted by Crippen LogP contribution is 2.29. The van der Waals surface area contributed by atoms with Crippen molar-refractivity contribution >= 4 is 11.6 Å². The van der Waals surface area contributed by atoms with E-state index in [0.717, 1.165) is 11.1 Å². The van der Waals surface area contributed by atoms with Crippen LogP contribution in [0.4, 0.5) is 0 Å². The molecule has 130 valence electrons. The molecule has 0 amide bonds. The second kappa shape index (κ2) is 8.38. The van der Waals surface area contributed by atoms with Crippen molar-refractivity contribution in [2.45, 2.75) is 32.6 Å². The van der Waals surface area contributed by atoms with E-state index in [1.165, 1.54) is 0 Å². The van der Waals surface area contributed by atoms with Gasteiger partial charge in [-0.2, -0.15) is 0 Å². The number of benzene rings is 2. The molecule has 0 aliphatic carbocycles. The molecule has 0 saturated heterocycles. The SMILES string of the molecule is COc1cc(CNCC(C)(C)O)ccc1OCc1ccc(Cl)cc1. The van der Waals surface area contributed by atoms with Crippen LogP contribution in [0.1, 0.15) is 25.0 Å². The highest BCUT2D eigenvalue weighted by atomic mass is 35.5. The van der Waals surface area contributed by atoms with E-state index in [4.69, 9.17) is 21.1 Å². The van der Waals surface area contributed by atoms with Crippen molar-refractivity contribution in [1.82, 2.24) is 5.32 Å². The van der Waals surface area contributed by atoms with Gasteiger partial charge in [0.25, 0.3) is 0 Å². The summed E-state index contributed by atoms with van der Waals surface area (Å²) in [5.74, 6) is 1.38. The first-order valence-corrected chi connectivity index (χ1v) is 8.22. The highest BCUT2D eigenvalue weighted by Gasteiger charge is 2.12. The third-order valence-corrected chi connectivity index (χ3v) is 3.67. The van der Waals surface area contributed by atoms with Crippen molar-refractivity contribution in [1.29, 1.82) is 0 Å². The minimum Gasteiger partial charge on any atom is -0.493 e. The largest absolute Gasteiger partial charge is 0.493 e. The lowest BCUT2D eigenvalue weighted by Gasteiger charge is -2.18. The van der Waals surface area contributed by atoms with E-state index < -0.39 is 5.60 Å². The Balaban J connectivity index is 1.96. The average Bonchev–Trinajstić information content (AvgIpc) is 2.53. The van der Waals surface area contributed by atoms with Gasteiger partial charge in [0, 0.05) is 18.1 Å². The molecule has 0 spiro atoms. The smallest absolute Gasteiger partial charge is 0.161 e. The predicted molar refractivity (Wildman–Crippen MR) is 96.8 cm³/mol. The fourth-order valence-corrected chi connectivity index (χ4v) is 2.32. The first-order valence-electron chi connectivity index (χ1n) is 7.84. The minimum absolute atomic E-state index is 0.448. The number of methoxy groups -OCH3 is 1. The number of ether oxygens (including phenoxy) is 2. The van der Waals surface area contributed by atoms with Gasteiger partial charge in [-0.15, -0.1) is 0 Å². The second-order valence-electron chi connectivity index (χ2n) is 6.32. The molecule has 0 heterocycles. The van der Waals surface area contributed by atoms with Crippen LogP contribution in [-0.4, -0.2) is 24.4 Å². The van der Waals surface area contributed by atoms with Crippen LogP contribution in [0, 0.1) is 0 Å². The molecular weight excluding hydrogens is 326 g/mol. The van der Waals surface area contributed by atoms with E-state index in [1.807, 2.05) is 42.5 Å². The summed E-state index contributed by atoms with van der Waals surface area (Å²) in [4.78, 5) is 0. The highest BCUT2D eigenvalue weighted by molar-refractivity contribution is 6.30. The van der Waals surface area contributed by atoms with Crippen LogP contribution in [-0.2, 0) is 13.2 Å². The summed E-state index contributed by atoms with van der Waals surface area (Å²) >= 11 is 5.88. The Morgan fingerprint density at radius 2 is 1.71 bits per heavy atom. The van der Waals surface area contributed by atoms with E-state index >= 15 is 0 Å².